The van der Waals surface area contributed by atoms with Gasteiger partial charge >= 0.3 is 0 Å². The van der Waals surface area contributed by atoms with Crippen LogP contribution in [0.5, 0.6) is 0 Å². The molecule has 0 aromatic heterocycles. The summed E-state index contributed by atoms with van der Waals surface area (Å²) in [6.45, 7) is 3.80. The molecule has 116 valence electrons. The van der Waals surface area contributed by atoms with Crippen molar-refractivity contribution in [3.63, 3.8) is 0 Å². The van der Waals surface area contributed by atoms with Crippen LogP contribution in [0.25, 0.3) is 0 Å². The Morgan fingerprint density at radius 3 is 2.15 bits per heavy atom. The molecule has 0 aliphatic heterocycles. The lowest BCUT2D eigenvalue weighted by Gasteiger charge is -2.31. The number of rotatable bonds is 5. The van der Waals surface area contributed by atoms with Crippen molar-refractivity contribution >= 4 is 11.7 Å². The SMILES string of the molecule is CCC(CC)(C(=O)NC1CCCCCCC1)C(N)=NO. The normalized spacial score (nSPS) is 19.2. The average Bonchev–Trinajstić information content (AvgIpc) is 2.43. The van der Waals surface area contributed by atoms with Gasteiger partial charge in [0, 0.05) is 6.04 Å². The molecule has 5 nitrogen and oxygen atoms in total. The van der Waals surface area contributed by atoms with Crippen molar-refractivity contribution in [2.45, 2.75) is 77.7 Å². The molecule has 0 aromatic rings. The van der Waals surface area contributed by atoms with Crippen LogP contribution in [0.15, 0.2) is 5.16 Å². The molecule has 0 bridgehead atoms. The predicted octanol–water partition coefficient (Wildman–Crippen LogP) is 2.77. The minimum absolute atomic E-state index is 0.0193. The zero-order valence-electron chi connectivity index (χ0n) is 12.8. The van der Waals surface area contributed by atoms with Gasteiger partial charge in [-0.1, -0.05) is 51.1 Å². The van der Waals surface area contributed by atoms with Gasteiger partial charge in [0.2, 0.25) is 5.91 Å². The van der Waals surface area contributed by atoms with Gasteiger partial charge in [0.25, 0.3) is 0 Å². The van der Waals surface area contributed by atoms with Crippen molar-refractivity contribution in [3.05, 3.63) is 0 Å². The van der Waals surface area contributed by atoms with E-state index < -0.39 is 5.41 Å². The summed E-state index contributed by atoms with van der Waals surface area (Å²) in [5.74, 6) is -0.0748. The number of amidine groups is 1. The molecule has 1 saturated carbocycles. The van der Waals surface area contributed by atoms with Crippen molar-refractivity contribution in [1.29, 1.82) is 0 Å². The third kappa shape index (κ3) is 3.87. The number of nitrogens with one attached hydrogen (secondary N) is 1. The van der Waals surface area contributed by atoms with E-state index in [9.17, 15) is 4.79 Å². The van der Waals surface area contributed by atoms with Crippen molar-refractivity contribution in [3.8, 4) is 0 Å². The van der Waals surface area contributed by atoms with E-state index in [0.717, 1.165) is 12.8 Å². The van der Waals surface area contributed by atoms with Crippen LogP contribution in [0.2, 0.25) is 0 Å². The van der Waals surface area contributed by atoms with Crippen LogP contribution in [0.3, 0.4) is 0 Å². The molecule has 1 aliphatic rings. The molecule has 0 spiro atoms. The topological polar surface area (TPSA) is 87.7 Å². The summed E-state index contributed by atoms with van der Waals surface area (Å²) < 4.78 is 0. The highest BCUT2D eigenvalue weighted by Gasteiger charge is 2.40. The summed E-state index contributed by atoms with van der Waals surface area (Å²) in [5, 5.41) is 15.2. The van der Waals surface area contributed by atoms with Gasteiger partial charge in [0.15, 0.2) is 5.84 Å². The number of amides is 1. The Kier molecular flexibility index (Phi) is 6.82. The second-order valence-corrected chi connectivity index (χ2v) is 5.79. The number of carbonyl (C=O) groups excluding carboxylic acids is 1. The molecule has 5 heteroatoms. The molecule has 1 aliphatic carbocycles. The molecule has 0 saturated heterocycles. The number of hydrogen-bond donors (Lipinski definition) is 3. The fourth-order valence-electron chi connectivity index (χ4n) is 3.07. The van der Waals surface area contributed by atoms with Crippen molar-refractivity contribution in [1.82, 2.24) is 5.32 Å². The number of carbonyl (C=O) groups is 1. The summed E-state index contributed by atoms with van der Waals surface area (Å²) in [6.07, 6.45) is 9.28. The van der Waals surface area contributed by atoms with Gasteiger partial charge in [-0.25, -0.2) is 0 Å². The van der Waals surface area contributed by atoms with Crippen LogP contribution in [-0.2, 0) is 4.79 Å². The molecule has 0 radical (unpaired) electrons. The molecular formula is C15H29N3O2. The standard InChI is InChI=1S/C15H29N3O2/c1-3-15(4-2,13(16)18-20)14(19)17-12-10-8-6-5-7-9-11-12/h12,20H,3-11H2,1-2H3,(H2,16,18)(H,17,19). The molecule has 0 unspecified atom stereocenters. The van der Waals surface area contributed by atoms with E-state index in [2.05, 4.69) is 10.5 Å². The maximum Gasteiger partial charge on any atom is 0.234 e. The molecule has 0 atom stereocenters. The number of hydrogen-bond acceptors (Lipinski definition) is 3. The van der Waals surface area contributed by atoms with Gasteiger partial charge < -0.3 is 16.3 Å². The first kappa shape index (κ1) is 16.8. The van der Waals surface area contributed by atoms with Crippen LogP contribution in [0.1, 0.15) is 71.6 Å². The van der Waals surface area contributed by atoms with E-state index in [1.54, 1.807) is 0 Å². The zero-order valence-corrected chi connectivity index (χ0v) is 12.8. The van der Waals surface area contributed by atoms with Crippen molar-refractivity contribution in [2.24, 2.45) is 16.3 Å². The minimum atomic E-state index is -0.878. The largest absolute Gasteiger partial charge is 0.409 e. The van der Waals surface area contributed by atoms with Gasteiger partial charge in [-0.15, -0.1) is 0 Å². The number of nitrogens with two attached hydrogens (primary N) is 1. The molecule has 1 amide bonds. The molecule has 0 heterocycles. The molecule has 0 aromatic carbocycles. The lowest BCUT2D eigenvalue weighted by molar-refractivity contribution is -0.128. The van der Waals surface area contributed by atoms with Crippen molar-refractivity contribution in [2.75, 3.05) is 0 Å². The first-order valence-corrected chi connectivity index (χ1v) is 7.89. The summed E-state index contributed by atoms with van der Waals surface area (Å²) in [4.78, 5) is 12.6. The van der Waals surface area contributed by atoms with Gasteiger partial charge in [-0.2, -0.15) is 0 Å². The van der Waals surface area contributed by atoms with Crippen LogP contribution in [0.4, 0.5) is 0 Å². The lowest BCUT2D eigenvalue weighted by Crippen LogP contribution is -2.52. The highest BCUT2D eigenvalue weighted by atomic mass is 16.4. The molecule has 20 heavy (non-hydrogen) atoms. The van der Waals surface area contributed by atoms with Gasteiger partial charge in [-0.3, -0.25) is 4.79 Å². The van der Waals surface area contributed by atoms with E-state index in [-0.39, 0.29) is 17.8 Å². The predicted molar refractivity (Wildman–Crippen MR) is 80.7 cm³/mol. The monoisotopic (exact) mass is 283 g/mol. The van der Waals surface area contributed by atoms with Gasteiger partial charge in [-0.05, 0) is 25.7 Å². The fraction of sp³-hybridized carbons (Fsp3) is 0.867. The highest BCUT2D eigenvalue weighted by Crippen LogP contribution is 2.28. The molecular weight excluding hydrogens is 254 g/mol. The summed E-state index contributed by atoms with van der Waals surface area (Å²) in [5.41, 5.74) is 4.90. The van der Waals surface area contributed by atoms with Gasteiger partial charge in [0.1, 0.15) is 5.41 Å². The fourth-order valence-corrected chi connectivity index (χ4v) is 3.07. The minimum Gasteiger partial charge on any atom is -0.409 e. The van der Waals surface area contributed by atoms with E-state index >= 15 is 0 Å². The quantitative estimate of drug-likeness (QED) is 0.314. The van der Waals surface area contributed by atoms with Crippen LogP contribution >= 0.6 is 0 Å². The second kappa shape index (κ2) is 8.12. The molecule has 4 N–H and O–H groups in total. The van der Waals surface area contributed by atoms with E-state index in [1.165, 1.54) is 32.1 Å². The van der Waals surface area contributed by atoms with Gasteiger partial charge in [0.05, 0.1) is 0 Å². The Morgan fingerprint density at radius 1 is 1.20 bits per heavy atom. The molecule has 1 fully saturated rings. The zero-order chi connectivity index (χ0) is 15.0. The Labute approximate surface area is 122 Å². The van der Waals surface area contributed by atoms with Crippen LogP contribution in [0, 0.1) is 5.41 Å². The van der Waals surface area contributed by atoms with E-state index in [0.29, 0.717) is 12.8 Å². The Hall–Kier alpha value is -1.26. The number of oxime groups is 1. The Bertz CT molecular complexity index is 330. The first-order chi connectivity index (χ1) is 9.60. The van der Waals surface area contributed by atoms with E-state index in [4.69, 9.17) is 10.9 Å². The summed E-state index contributed by atoms with van der Waals surface area (Å²) in [7, 11) is 0. The van der Waals surface area contributed by atoms with Crippen LogP contribution in [-0.4, -0.2) is 23.0 Å². The highest BCUT2D eigenvalue weighted by molar-refractivity contribution is 6.06. The molecule has 1 rings (SSSR count). The lowest BCUT2D eigenvalue weighted by atomic mass is 9.79. The van der Waals surface area contributed by atoms with E-state index in [1.807, 2.05) is 13.8 Å². The maximum atomic E-state index is 12.6. The number of nitrogens with zero attached hydrogens (tertiary/aromatic N) is 1. The Balaban J connectivity index is 2.74. The van der Waals surface area contributed by atoms with Crippen molar-refractivity contribution < 1.29 is 10.0 Å². The van der Waals surface area contributed by atoms with Crippen LogP contribution < -0.4 is 11.1 Å². The summed E-state index contributed by atoms with van der Waals surface area (Å²) >= 11 is 0. The smallest absolute Gasteiger partial charge is 0.234 e. The maximum absolute atomic E-state index is 12.6. The summed E-state index contributed by atoms with van der Waals surface area (Å²) in [6, 6.07) is 0.228. The second-order valence-electron chi connectivity index (χ2n) is 5.79. The third-order valence-electron chi connectivity index (χ3n) is 4.68. The average molecular weight is 283 g/mol. The first-order valence-electron chi connectivity index (χ1n) is 7.89. The Morgan fingerprint density at radius 2 is 1.70 bits per heavy atom. The third-order valence-corrected chi connectivity index (χ3v) is 4.68.